The maximum atomic E-state index is 9.56. The Labute approximate surface area is 98.3 Å². The van der Waals surface area contributed by atoms with Crippen LogP contribution in [-0.4, -0.2) is 12.2 Å². The first-order chi connectivity index (χ1) is 7.36. The van der Waals surface area contributed by atoms with Crippen molar-refractivity contribution in [2.75, 3.05) is 7.11 Å². The molecule has 0 aromatic heterocycles. The predicted octanol–water partition coefficient (Wildman–Crippen LogP) is 3.72. The second-order valence-corrected chi connectivity index (χ2v) is 5.37. The number of hydrogen-bond donors (Lipinski definition) is 1. The smallest absolute Gasteiger partial charge is 0.160 e. The lowest BCUT2D eigenvalue weighted by Crippen LogP contribution is -2.19. The SMILES string of the molecule is COc1cc(C(C)(C)CC(C)C)ccc1O. The summed E-state index contributed by atoms with van der Waals surface area (Å²) in [6.07, 6.45) is 1.11. The summed E-state index contributed by atoms with van der Waals surface area (Å²) in [7, 11) is 1.58. The molecule has 0 unspecified atom stereocenters. The van der Waals surface area contributed by atoms with Gasteiger partial charge in [0.2, 0.25) is 0 Å². The fraction of sp³-hybridized carbons (Fsp3) is 0.571. The molecule has 0 spiro atoms. The van der Waals surface area contributed by atoms with Crippen LogP contribution in [0.15, 0.2) is 18.2 Å². The molecule has 16 heavy (non-hydrogen) atoms. The van der Waals surface area contributed by atoms with Crippen molar-refractivity contribution < 1.29 is 9.84 Å². The van der Waals surface area contributed by atoms with E-state index in [1.165, 1.54) is 5.56 Å². The number of ether oxygens (including phenoxy) is 1. The molecule has 1 aromatic carbocycles. The van der Waals surface area contributed by atoms with Gasteiger partial charge in [0.05, 0.1) is 7.11 Å². The first kappa shape index (κ1) is 12.9. The number of hydrogen-bond acceptors (Lipinski definition) is 2. The van der Waals surface area contributed by atoms with E-state index in [0.717, 1.165) is 6.42 Å². The largest absolute Gasteiger partial charge is 0.504 e. The van der Waals surface area contributed by atoms with Crippen molar-refractivity contribution in [2.24, 2.45) is 5.92 Å². The summed E-state index contributed by atoms with van der Waals surface area (Å²) in [5.41, 5.74) is 1.31. The Morgan fingerprint density at radius 1 is 1.31 bits per heavy atom. The molecule has 1 rings (SSSR count). The molecule has 0 aliphatic carbocycles. The van der Waals surface area contributed by atoms with Crippen molar-refractivity contribution in [3.63, 3.8) is 0 Å². The van der Waals surface area contributed by atoms with E-state index in [9.17, 15) is 5.11 Å². The third kappa shape index (κ3) is 2.91. The number of rotatable bonds is 4. The van der Waals surface area contributed by atoms with Crippen LogP contribution in [0.1, 0.15) is 39.7 Å². The zero-order chi connectivity index (χ0) is 12.3. The van der Waals surface area contributed by atoms with E-state index in [0.29, 0.717) is 11.7 Å². The van der Waals surface area contributed by atoms with Gasteiger partial charge < -0.3 is 9.84 Å². The van der Waals surface area contributed by atoms with Crippen LogP contribution in [-0.2, 0) is 5.41 Å². The summed E-state index contributed by atoms with van der Waals surface area (Å²) in [5.74, 6) is 1.40. The average molecular weight is 222 g/mol. The van der Waals surface area contributed by atoms with Gasteiger partial charge in [0.25, 0.3) is 0 Å². The van der Waals surface area contributed by atoms with Crippen molar-refractivity contribution in [3.8, 4) is 11.5 Å². The minimum atomic E-state index is 0.106. The lowest BCUT2D eigenvalue weighted by molar-refractivity contribution is 0.366. The predicted molar refractivity (Wildman–Crippen MR) is 67.1 cm³/mol. The molecule has 0 saturated heterocycles. The van der Waals surface area contributed by atoms with E-state index < -0.39 is 0 Å². The summed E-state index contributed by atoms with van der Waals surface area (Å²) < 4.78 is 5.14. The number of aromatic hydroxyl groups is 1. The fourth-order valence-electron chi connectivity index (χ4n) is 2.24. The van der Waals surface area contributed by atoms with Crippen molar-refractivity contribution in [1.82, 2.24) is 0 Å². The Balaban J connectivity index is 3.03. The number of methoxy groups -OCH3 is 1. The maximum absolute atomic E-state index is 9.56. The van der Waals surface area contributed by atoms with Gasteiger partial charge in [0.1, 0.15) is 0 Å². The highest BCUT2D eigenvalue weighted by Gasteiger charge is 2.22. The standard InChI is InChI=1S/C14H22O2/c1-10(2)9-14(3,4)11-6-7-12(15)13(8-11)16-5/h6-8,10,15H,9H2,1-5H3. The van der Waals surface area contributed by atoms with E-state index in [1.807, 2.05) is 12.1 Å². The molecule has 0 aliphatic rings. The molecule has 0 radical (unpaired) electrons. The Bertz CT molecular complexity index is 354. The lowest BCUT2D eigenvalue weighted by Gasteiger charge is -2.27. The van der Waals surface area contributed by atoms with Crippen LogP contribution in [0.5, 0.6) is 11.5 Å². The molecule has 2 nitrogen and oxygen atoms in total. The highest BCUT2D eigenvalue weighted by molar-refractivity contribution is 5.43. The lowest BCUT2D eigenvalue weighted by atomic mass is 9.78. The van der Waals surface area contributed by atoms with Crippen molar-refractivity contribution in [3.05, 3.63) is 23.8 Å². The van der Waals surface area contributed by atoms with E-state index in [4.69, 9.17) is 4.74 Å². The summed E-state index contributed by atoms with van der Waals surface area (Å²) >= 11 is 0. The highest BCUT2D eigenvalue weighted by Crippen LogP contribution is 2.35. The Kier molecular flexibility index (Phi) is 3.84. The van der Waals surface area contributed by atoms with E-state index in [2.05, 4.69) is 27.7 Å². The minimum absolute atomic E-state index is 0.106. The van der Waals surface area contributed by atoms with Gasteiger partial charge in [-0.3, -0.25) is 0 Å². The third-order valence-corrected chi connectivity index (χ3v) is 2.88. The van der Waals surface area contributed by atoms with Crippen LogP contribution in [0.4, 0.5) is 0 Å². The van der Waals surface area contributed by atoms with Gasteiger partial charge in [-0.1, -0.05) is 33.8 Å². The van der Waals surface area contributed by atoms with Gasteiger partial charge >= 0.3 is 0 Å². The first-order valence-electron chi connectivity index (χ1n) is 5.74. The Hall–Kier alpha value is -1.18. The van der Waals surface area contributed by atoms with Crippen LogP contribution >= 0.6 is 0 Å². The van der Waals surface area contributed by atoms with Crippen LogP contribution in [0.2, 0.25) is 0 Å². The molecule has 0 fully saturated rings. The van der Waals surface area contributed by atoms with Crippen LogP contribution in [0.25, 0.3) is 0 Å². The van der Waals surface area contributed by atoms with E-state index >= 15 is 0 Å². The summed E-state index contributed by atoms with van der Waals surface area (Å²) in [6.45, 7) is 8.89. The molecule has 0 atom stereocenters. The second kappa shape index (κ2) is 4.77. The van der Waals surface area contributed by atoms with E-state index in [1.54, 1.807) is 13.2 Å². The van der Waals surface area contributed by atoms with Gasteiger partial charge in [-0.15, -0.1) is 0 Å². The summed E-state index contributed by atoms with van der Waals surface area (Å²) in [6, 6.07) is 5.61. The third-order valence-electron chi connectivity index (χ3n) is 2.88. The second-order valence-electron chi connectivity index (χ2n) is 5.37. The zero-order valence-electron chi connectivity index (χ0n) is 10.9. The van der Waals surface area contributed by atoms with Crippen LogP contribution in [0.3, 0.4) is 0 Å². The van der Waals surface area contributed by atoms with Gasteiger partial charge in [0.15, 0.2) is 11.5 Å². The fourth-order valence-corrected chi connectivity index (χ4v) is 2.24. The zero-order valence-corrected chi connectivity index (χ0v) is 10.9. The number of phenols is 1. The van der Waals surface area contributed by atoms with Crippen molar-refractivity contribution in [1.29, 1.82) is 0 Å². The quantitative estimate of drug-likeness (QED) is 0.841. The molecule has 0 bridgehead atoms. The molecular weight excluding hydrogens is 200 g/mol. The Morgan fingerprint density at radius 3 is 2.44 bits per heavy atom. The van der Waals surface area contributed by atoms with Gasteiger partial charge in [-0.25, -0.2) is 0 Å². The summed E-state index contributed by atoms with van der Waals surface area (Å²) in [4.78, 5) is 0. The van der Waals surface area contributed by atoms with E-state index in [-0.39, 0.29) is 11.2 Å². The number of benzene rings is 1. The molecule has 1 aromatic rings. The minimum Gasteiger partial charge on any atom is -0.504 e. The molecule has 0 saturated carbocycles. The topological polar surface area (TPSA) is 29.5 Å². The molecule has 0 aliphatic heterocycles. The molecule has 0 amide bonds. The highest BCUT2D eigenvalue weighted by atomic mass is 16.5. The van der Waals surface area contributed by atoms with Crippen LogP contribution < -0.4 is 4.74 Å². The molecule has 2 heteroatoms. The first-order valence-corrected chi connectivity index (χ1v) is 5.74. The van der Waals surface area contributed by atoms with Gasteiger partial charge in [0, 0.05) is 0 Å². The summed E-state index contributed by atoms with van der Waals surface area (Å²) in [5, 5.41) is 9.56. The molecule has 90 valence electrons. The number of phenolic OH excluding ortho intramolecular Hbond substituents is 1. The van der Waals surface area contributed by atoms with Gasteiger partial charge in [-0.05, 0) is 35.4 Å². The molecule has 0 heterocycles. The average Bonchev–Trinajstić information content (AvgIpc) is 2.16. The van der Waals surface area contributed by atoms with Crippen LogP contribution in [0, 0.1) is 5.92 Å². The molecule has 1 N–H and O–H groups in total. The molecular formula is C14H22O2. The monoisotopic (exact) mass is 222 g/mol. The maximum Gasteiger partial charge on any atom is 0.160 e. The van der Waals surface area contributed by atoms with Crippen molar-refractivity contribution >= 4 is 0 Å². The van der Waals surface area contributed by atoms with Gasteiger partial charge in [-0.2, -0.15) is 0 Å². The Morgan fingerprint density at radius 2 is 1.94 bits per heavy atom. The van der Waals surface area contributed by atoms with Crippen molar-refractivity contribution in [2.45, 2.75) is 39.5 Å². The normalized spacial score (nSPS) is 11.9.